The third-order valence-electron chi connectivity index (χ3n) is 3.13. The first-order valence-electron chi connectivity index (χ1n) is 5.48. The summed E-state index contributed by atoms with van der Waals surface area (Å²) < 4.78 is 10.8. The van der Waals surface area contributed by atoms with Crippen LogP contribution in [0.2, 0.25) is 0 Å². The first-order chi connectivity index (χ1) is 8.42. The summed E-state index contributed by atoms with van der Waals surface area (Å²) in [6, 6.07) is 10.3. The Hall–Kier alpha value is -2.29. The van der Waals surface area contributed by atoms with Crippen LogP contribution in [0.1, 0.15) is 0 Å². The molecule has 0 aliphatic carbocycles. The van der Waals surface area contributed by atoms with E-state index in [0.29, 0.717) is 6.79 Å². The van der Waals surface area contributed by atoms with E-state index in [1.165, 1.54) is 10.8 Å². The van der Waals surface area contributed by atoms with E-state index in [0.717, 1.165) is 22.3 Å². The summed E-state index contributed by atoms with van der Waals surface area (Å²) in [5, 5.41) is 4.66. The number of hydrogen-bond acceptors (Lipinski definition) is 3. The van der Waals surface area contributed by atoms with Crippen molar-refractivity contribution in [1.29, 1.82) is 0 Å². The molecule has 0 N–H and O–H groups in total. The molecule has 1 aliphatic heterocycles. The van der Waals surface area contributed by atoms with E-state index in [4.69, 9.17) is 9.47 Å². The van der Waals surface area contributed by atoms with E-state index in [1.54, 1.807) is 0 Å². The van der Waals surface area contributed by atoms with Gasteiger partial charge in [0.05, 0.1) is 0 Å². The maximum Gasteiger partial charge on any atom is 0.231 e. The highest BCUT2D eigenvalue weighted by atomic mass is 16.7. The quantitative estimate of drug-likeness (QED) is 0.549. The van der Waals surface area contributed by atoms with Crippen LogP contribution < -0.4 is 9.47 Å². The Balaban J connectivity index is 2.19. The van der Waals surface area contributed by atoms with E-state index in [2.05, 4.69) is 17.1 Å². The van der Waals surface area contributed by atoms with Crippen molar-refractivity contribution in [1.82, 2.24) is 4.98 Å². The third-order valence-corrected chi connectivity index (χ3v) is 3.13. The fourth-order valence-electron chi connectivity index (χ4n) is 2.29. The molecule has 0 spiro atoms. The number of benzene rings is 2. The fraction of sp³-hybridized carbons (Fsp3) is 0.0714. The Bertz CT molecular complexity index is 737. The van der Waals surface area contributed by atoms with Gasteiger partial charge in [0.25, 0.3) is 0 Å². The lowest BCUT2D eigenvalue weighted by Crippen LogP contribution is -1.92. The monoisotopic (exact) mass is 223 g/mol. The number of pyridine rings is 1. The van der Waals surface area contributed by atoms with Crippen LogP contribution in [0.25, 0.3) is 21.5 Å². The Morgan fingerprint density at radius 1 is 0.882 bits per heavy atom. The number of ether oxygens (including phenoxy) is 2. The van der Waals surface area contributed by atoms with Crippen molar-refractivity contribution in [3.05, 3.63) is 42.7 Å². The van der Waals surface area contributed by atoms with Crippen molar-refractivity contribution >= 4 is 21.5 Å². The minimum Gasteiger partial charge on any atom is -0.454 e. The molecular weight excluding hydrogens is 214 g/mol. The number of nitrogens with zero attached hydrogens (tertiary/aromatic N) is 1. The van der Waals surface area contributed by atoms with Gasteiger partial charge in [0.1, 0.15) is 0 Å². The molecule has 1 aromatic heterocycles. The predicted octanol–water partition coefficient (Wildman–Crippen LogP) is 3.12. The topological polar surface area (TPSA) is 31.4 Å². The zero-order chi connectivity index (χ0) is 11.2. The van der Waals surface area contributed by atoms with Gasteiger partial charge < -0.3 is 9.47 Å². The molecule has 0 fully saturated rings. The number of hydrogen-bond donors (Lipinski definition) is 0. The fourth-order valence-corrected chi connectivity index (χ4v) is 2.29. The normalized spacial score (nSPS) is 13.4. The van der Waals surface area contributed by atoms with Crippen molar-refractivity contribution in [2.75, 3.05) is 6.79 Å². The van der Waals surface area contributed by atoms with E-state index in [1.807, 2.05) is 30.6 Å². The molecule has 3 nitrogen and oxygen atoms in total. The Morgan fingerprint density at radius 3 is 2.65 bits per heavy atom. The second kappa shape index (κ2) is 3.10. The van der Waals surface area contributed by atoms with Gasteiger partial charge in [-0.3, -0.25) is 4.98 Å². The van der Waals surface area contributed by atoms with Crippen LogP contribution >= 0.6 is 0 Å². The van der Waals surface area contributed by atoms with Crippen LogP contribution in [-0.2, 0) is 0 Å². The van der Waals surface area contributed by atoms with Gasteiger partial charge in [0, 0.05) is 17.8 Å². The molecule has 82 valence electrons. The lowest BCUT2D eigenvalue weighted by Gasteiger charge is -2.04. The number of rotatable bonds is 0. The second-order valence-electron chi connectivity index (χ2n) is 4.09. The molecule has 1 aliphatic rings. The molecule has 4 rings (SSSR count). The van der Waals surface area contributed by atoms with Gasteiger partial charge in [-0.05, 0) is 34.4 Å². The van der Waals surface area contributed by atoms with E-state index >= 15 is 0 Å². The highest BCUT2D eigenvalue weighted by Crippen LogP contribution is 2.38. The Morgan fingerprint density at radius 2 is 1.71 bits per heavy atom. The summed E-state index contributed by atoms with van der Waals surface area (Å²) in [5.74, 6) is 1.65. The van der Waals surface area contributed by atoms with Crippen molar-refractivity contribution in [3.63, 3.8) is 0 Å². The molecule has 0 saturated heterocycles. The third kappa shape index (κ3) is 1.19. The van der Waals surface area contributed by atoms with Crippen LogP contribution in [-0.4, -0.2) is 11.8 Å². The lowest BCUT2D eigenvalue weighted by molar-refractivity contribution is 0.174. The van der Waals surface area contributed by atoms with Crippen molar-refractivity contribution in [2.45, 2.75) is 0 Å². The van der Waals surface area contributed by atoms with Gasteiger partial charge in [-0.25, -0.2) is 0 Å². The Kier molecular flexibility index (Phi) is 1.61. The largest absolute Gasteiger partial charge is 0.454 e. The maximum absolute atomic E-state index is 5.42. The van der Waals surface area contributed by atoms with Crippen LogP contribution in [0.15, 0.2) is 42.7 Å². The number of fused-ring (bicyclic) bond motifs is 4. The Labute approximate surface area is 97.6 Å². The summed E-state index contributed by atoms with van der Waals surface area (Å²) in [6.45, 7) is 0.311. The zero-order valence-corrected chi connectivity index (χ0v) is 9.01. The summed E-state index contributed by atoms with van der Waals surface area (Å²) in [7, 11) is 0. The van der Waals surface area contributed by atoms with Crippen molar-refractivity contribution in [2.24, 2.45) is 0 Å². The average molecular weight is 223 g/mol. The second-order valence-corrected chi connectivity index (χ2v) is 4.09. The molecule has 0 radical (unpaired) electrons. The van der Waals surface area contributed by atoms with Crippen molar-refractivity contribution in [3.8, 4) is 11.5 Å². The van der Waals surface area contributed by atoms with E-state index in [9.17, 15) is 0 Å². The summed E-state index contributed by atoms with van der Waals surface area (Å²) in [4.78, 5) is 4.14. The summed E-state index contributed by atoms with van der Waals surface area (Å²) in [5.41, 5.74) is 0. The van der Waals surface area contributed by atoms with Crippen LogP contribution in [0.5, 0.6) is 11.5 Å². The van der Waals surface area contributed by atoms with Crippen LogP contribution in [0.4, 0.5) is 0 Å². The van der Waals surface area contributed by atoms with E-state index in [-0.39, 0.29) is 0 Å². The van der Waals surface area contributed by atoms with Gasteiger partial charge in [-0.1, -0.05) is 12.1 Å². The molecule has 2 aromatic carbocycles. The first kappa shape index (κ1) is 8.82. The lowest BCUT2D eigenvalue weighted by atomic mass is 10.0. The molecular formula is C14H9NO2. The molecule has 0 atom stereocenters. The average Bonchev–Trinajstić information content (AvgIpc) is 2.83. The van der Waals surface area contributed by atoms with Crippen molar-refractivity contribution < 1.29 is 9.47 Å². The van der Waals surface area contributed by atoms with Gasteiger partial charge in [-0.15, -0.1) is 0 Å². The van der Waals surface area contributed by atoms with Gasteiger partial charge in [0.15, 0.2) is 11.5 Å². The molecule has 2 heterocycles. The standard InChI is InChI=1S/C14H9NO2/c1-2-10-7-15-4-3-11(10)12-6-14-13(5-9(1)12)16-8-17-14/h1-7H,8H2. The SMILES string of the molecule is c1cc2c(ccc3cc4c(cc32)OCO4)cn1. The van der Waals surface area contributed by atoms with Gasteiger partial charge >= 0.3 is 0 Å². The smallest absolute Gasteiger partial charge is 0.231 e. The summed E-state index contributed by atoms with van der Waals surface area (Å²) >= 11 is 0. The first-order valence-corrected chi connectivity index (χ1v) is 5.48. The molecule has 0 saturated carbocycles. The van der Waals surface area contributed by atoms with E-state index < -0.39 is 0 Å². The molecule has 0 bridgehead atoms. The molecule has 0 amide bonds. The highest BCUT2D eigenvalue weighted by Gasteiger charge is 2.14. The van der Waals surface area contributed by atoms with Gasteiger partial charge in [0.2, 0.25) is 6.79 Å². The summed E-state index contributed by atoms with van der Waals surface area (Å²) in [6.07, 6.45) is 3.69. The minimum absolute atomic E-state index is 0.311. The maximum atomic E-state index is 5.42. The van der Waals surface area contributed by atoms with Crippen LogP contribution in [0, 0.1) is 0 Å². The molecule has 0 unspecified atom stereocenters. The minimum atomic E-state index is 0.311. The van der Waals surface area contributed by atoms with Gasteiger partial charge in [-0.2, -0.15) is 0 Å². The molecule has 17 heavy (non-hydrogen) atoms. The highest BCUT2D eigenvalue weighted by molar-refractivity contribution is 6.08. The number of aromatic nitrogens is 1. The van der Waals surface area contributed by atoms with Crippen LogP contribution in [0.3, 0.4) is 0 Å². The zero-order valence-electron chi connectivity index (χ0n) is 9.01. The molecule has 3 heteroatoms. The molecule has 3 aromatic rings. The predicted molar refractivity (Wildman–Crippen MR) is 65.4 cm³/mol.